The number of hydrogen-bond acceptors (Lipinski definition) is 0. The highest BCUT2D eigenvalue weighted by atomic mass is 15.0. The monoisotopic (exact) mass is 700 g/mol. The zero-order valence-electron chi connectivity index (χ0n) is 34.1. The average Bonchev–Trinajstić information content (AvgIpc) is 3.59. The van der Waals surface area contributed by atoms with Gasteiger partial charge in [0, 0.05) is 49.2 Å². The molecule has 4 heteroatoms. The summed E-state index contributed by atoms with van der Waals surface area (Å²) in [5.74, 6) is 0. The minimum absolute atomic E-state index is 0.0371. The fourth-order valence-electron chi connectivity index (χ4n) is 10.9. The fourth-order valence-corrected chi connectivity index (χ4v) is 10.9. The fraction of sp³-hybridized carbons (Fsp3) is 0.280. The molecule has 0 spiro atoms. The van der Waals surface area contributed by atoms with Crippen LogP contribution >= 0.6 is 0 Å². The molecular formula is C50H50B2N2. The number of rotatable bonds is 2. The van der Waals surface area contributed by atoms with Gasteiger partial charge in [-0.3, -0.25) is 0 Å². The van der Waals surface area contributed by atoms with Crippen LogP contribution in [0.25, 0.3) is 54.7 Å². The molecule has 0 atom stereocenters. The molecule has 0 saturated carbocycles. The Morgan fingerprint density at radius 1 is 0.426 bits per heavy atom. The molecule has 2 aliphatic heterocycles. The predicted octanol–water partition coefficient (Wildman–Crippen LogP) is 9.95. The lowest BCUT2D eigenvalue weighted by Gasteiger charge is -2.36. The van der Waals surface area contributed by atoms with Crippen LogP contribution in [-0.4, -0.2) is 22.7 Å². The van der Waals surface area contributed by atoms with Crippen molar-refractivity contribution in [3.05, 3.63) is 129 Å². The Kier molecular flexibility index (Phi) is 6.75. The summed E-state index contributed by atoms with van der Waals surface area (Å²) in [6, 6.07) is 34.1. The number of fused-ring (bicyclic) bond motifs is 6. The van der Waals surface area contributed by atoms with Crippen LogP contribution < -0.4 is 21.9 Å². The van der Waals surface area contributed by atoms with Gasteiger partial charge in [-0.2, -0.15) is 0 Å². The van der Waals surface area contributed by atoms with Crippen LogP contribution in [-0.2, 0) is 10.8 Å². The quantitative estimate of drug-likeness (QED) is 0.159. The van der Waals surface area contributed by atoms with Crippen molar-refractivity contribution in [1.82, 2.24) is 8.96 Å². The third kappa shape index (κ3) is 4.37. The van der Waals surface area contributed by atoms with Gasteiger partial charge in [0.1, 0.15) is 0 Å². The minimum atomic E-state index is 0.0371. The lowest BCUT2D eigenvalue weighted by Crippen LogP contribution is -2.59. The van der Waals surface area contributed by atoms with Gasteiger partial charge in [0.05, 0.1) is 0 Å². The topological polar surface area (TPSA) is 9.86 Å². The minimum Gasteiger partial charge on any atom is -0.375 e. The van der Waals surface area contributed by atoms with Crippen molar-refractivity contribution >= 4 is 79.2 Å². The van der Waals surface area contributed by atoms with Crippen molar-refractivity contribution in [1.29, 1.82) is 0 Å². The van der Waals surface area contributed by atoms with Gasteiger partial charge in [-0.05, 0) is 121 Å². The summed E-state index contributed by atoms with van der Waals surface area (Å²) >= 11 is 0. The second-order valence-electron chi connectivity index (χ2n) is 19.0. The Hall–Kier alpha value is -4.95. The van der Waals surface area contributed by atoms with Gasteiger partial charge >= 0.3 is 13.7 Å². The number of benzene rings is 6. The lowest BCUT2D eigenvalue weighted by molar-refractivity contribution is 0.591. The summed E-state index contributed by atoms with van der Waals surface area (Å²) < 4.78 is 5.49. The third-order valence-corrected chi connectivity index (χ3v) is 13.1. The average molecular weight is 701 g/mol. The molecule has 0 unspecified atom stereocenters. The zero-order valence-corrected chi connectivity index (χ0v) is 34.1. The molecule has 2 nitrogen and oxygen atoms in total. The van der Waals surface area contributed by atoms with Crippen molar-refractivity contribution < 1.29 is 0 Å². The smallest absolute Gasteiger partial charge is 0.329 e. The van der Waals surface area contributed by atoms with Gasteiger partial charge < -0.3 is 8.96 Å². The number of hydrogen-bond donors (Lipinski definition) is 0. The van der Waals surface area contributed by atoms with Crippen molar-refractivity contribution in [3.8, 4) is 11.1 Å². The van der Waals surface area contributed by atoms with Gasteiger partial charge in [0.2, 0.25) is 0 Å². The van der Waals surface area contributed by atoms with E-state index in [9.17, 15) is 0 Å². The predicted molar refractivity (Wildman–Crippen MR) is 237 cm³/mol. The van der Waals surface area contributed by atoms with Gasteiger partial charge in [-0.25, -0.2) is 0 Å². The Morgan fingerprint density at radius 2 is 0.815 bits per heavy atom. The molecule has 2 aromatic heterocycles. The van der Waals surface area contributed by atoms with Crippen molar-refractivity contribution in [2.24, 2.45) is 0 Å². The van der Waals surface area contributed by atoms with E-state index in [4.69, 9.17) is 0 Å². The highest BCUT2D eigenvalue weighted by Crippen LogP contribution is 2.48. The number of nitrogens with zero attached hydrogens (tertiary/aromatic N) is 2. The molecule has 0 saturated heterocycles. The highest BCUT2D eigenvalue weighted by molar-refractivity contribution is 6.92. The van der Waals surface area contributed by atoms with E-state index in [1.165, 1.54) is 121 Å². The van der Waals surface area contributed by atoms with Gasteiger partial charge in [-0.15, -0.1) is 0 Å². The molecule has 0 N–H and O–H groups in total. The van der Waals surface area contributed by atoms with Crippen molar-refractivity contribution in [2.75, 3.05) is 0 Å². The van der Waals surface area contributed by atoms with Crippen LogP contribution in [0.2, 0.25) is 0 Å². The van der Waals surface area contributed by atoms with E-state index in [1.54, 1.807) is 0 Å². The molecule has 8 aromatic rings. The Balaban J connectivity index is 1.49. The van der Waals surface area contributed by atoms with Crippen LogP contribution in [0.4, 0.5) is 0 Å². The number of aryl methyl sites for hydroxylation is 6. The summed E-state index contributed by atoms with van der Waals surface area (Å²) in [4.78, 5) is 0. The molecule has 0 bridgehead atoms. The standard InChI is InChI=1S/C50H50B2N2/c1-27-20-29(3)45(30(4)21-27)51-39-14-13-15-40-43(39)44-47-37(35-24-33(49(7,8)9)16-18-41(35)53(47)51)26-38-36-25-34(50(10,11)12)17-19-42(36)54(48(38)44)52(40)46-31(5)22-28(2)23-32(46)6/h13-26H,1-12H3. The molecule has 2 aliphatic rings. The molecular weight excluding hydrogens is 650 g/mol. The Bertz CT molecular complexity index is 2730. The SMILES string of the molecule is Cc1cc(C)c(B2c3cccc4c3-c3c5c(cc6c7cc(C(C)(C)C)ccc7n(c36)B4c3c(C)cc(C)cc3C)c3cc(C(C)(C)C)ccc3n52)c(C)c1. The van der Waals surface area contributed by atoms with E-state index in [0.29, 0.717) is 0 Å². The van der Waals surface area contributed by atoms with Crippen LogP contribution in [0.5, 0.6) is 0 Å². The van der Waals surface area contributed by atoms with Gasteiger partial charge in [0.15, 0.2) is 0 Å². The molecule has 4 heterocycles. The Labute approximate surface area is 321 Å². The van der Waals surface area contributed by atoms with Crippen molar-refractivity contribution in [2.45, 2.75) is 93.9 Å². The molecule has 0 fully saturated rings. The largest absolute Gasteiger partial charge is 0.375 e. The summed E-state index contributed by atoms with van der Waals surface area (Å²) in [6.07, 6.45) is 0. The molecule has 0 aliphatic carbocycles. The normalized spacial score (nSPS) is 13.9. The first-order valence-electron chi connectivity index (χ1n) is 19.9. The first-order valence-corrected chi connectivity index (χ1v) is 19.9. The first-order chi connectivity index (χ1) is 25.5. The zero-order chi connectivity index (χ0) is 37.9. The maximum Gasteiger partial charge on any atom is 0.329 e. The van der Waals surface area contributed by atoms with E-state index in [1.807, 2.05) is 0 Å². The molecule has 0 amide bonds. The second-order valence-corrected chi connectivity index (χ2v) is 19.0. The van der Waals surface area contributed by atoms with E-state index < -0.39 is 0 Å². The van der Waals surface area contributed by atoms with Gasteiger partial charge in [0.25, 0.3) is 0 Å². The molecule has 6 aromatic carbocycles. The Morgan fingerprint density at radius 3 is 1.19 bits per heavy atom. The summed E-state index contributed by atoms with van der Waals surface area (Å²) in [6.45, 7) is 27.9. The van der Waals surface area contributed by atoms with Crippen LogP contribution in [0.1, 0.15) is 86.1 Å². The second kappa shape index (κ2) is 10.8. The van der Waals surface area contributed by atoms with Gasteiger partial charge in [-0.1, -0.05) is 130 Å². The van der Waals surface area contributed by atoms with Crippen LogP contribution in [0, 0.1) is 41.5 Å². The lowest BCUT2D eigenvalue weighted by atomic mass is 9.40. The van der Waals surface area contributed by atoms with Crippen LogP contribution in [0.3, 0.4) is 0 Å². The van der Waals surface area contributed by atoms with E-state index in [-0.39, 0.29) is 24.5 Å². The molecule has 10 rings (SSSR count). The third-order valence-electron chi connectivity index (χ3n) is 13.1. The molecule has 0 radical (unpaired) electrons. The summed E-state index contributed by atoms with van der Waals surface area (Å²) in [5, 5.41) is 5.45. The highest BCUT2D eigenvalue weighted by Gasteiger charge is 2.44. The molecule has 54 heavy (non-hydrogen) atoms. The first kappa shape index (κ1) is 33.6. The molecule has 266 valence electrons. The maximum atomic E-state index is 2.74. The summed E-state index contributed by atoms with van der Waals surface area (Å²) in [7, 11) is 0. The number of aromatic nitrogens is 2. The van der Waals surface area contributed by atoms with E-state index in [0.717, 1.165) is 0 Å². The van der Waals surface area contributed by atoms with E-state index in [2.05, 4.69) is 177 Å². The maximum absolute atomic E-state index is 2.74. The van der Waals surface area contributed by atoms with Crippen molar-refractivity contribution in [3.63, 3.8) is 0 Å². The van der Waals surface area contributed by atoms with E-state index >= 15 is 0 Å². The summed E-state index contributed by atoms with van der Waals surface area (Å²) in [5.41, 5.74) is 24.9. The van der Waals surface area contributed by atoms with Crippen LogP contribution in [0.15, 0.2) is 84.9 Å².